The van der Waals surface area contributed by atoms with Crippen LogP contribution in [0.25, 0.3) is 0 Å². The van der Waals surface area contributed by atoms with E-state index >= 15 is 0 Å². The van der Waals surface area contributed by atoms with Gasteiger partial charge in [-0.3, -0.25) is 18.6 Å². The van der Waals surface area contributed by atoms with E-state index in [4.69, 9.17) is 18.5 Å². The predicted octanol–water partition coefficient (Wildman–Crippen LogP) is 20.8. The lowest BCUT2D eigenvalue weighted by molar-refractivity contribution is -0.870. The summed E-state index contributed by atoms with van der Waals surface area (Å²) in [6.45, 7) is 4.35. The van der Waals surface area contributed by atoms with Crippen LogP contribution in [0.1, 0.15) is 296 Å². The second kappa shape index (κ2) is 59.1. The second-order valence-electron chi connectivity index (χ2n) is 23.1. The van der Waals surface area contributed by atoms with Crippen LogP contribution in [0.5, 0.6) is 0 Å². The van der Waals surface area contributed by atoms with Gasteiger partial charge >= 0.3 is 19.8 Å². The van der Waals surface area contributed by atoms with Crippen molar-refractivity contribution in [3.05, 3.63) is 72.9 Å². The molecular formula is C68H125NO8P+. The third kappa shape index (κ3) is 62.6. The minimum atomic E-state index is -4.39. The number of quaternary nitrogens is 1. The van der Waals surface area contributed by atoms with Gasteiger partial charge in [0.1, 0.15) is 19.8 Å². The quantitative estimate of drug-likeness (QED) is 0.0211. The monoisotopic (exact) mass is 1110 g/mol. The zero-order valence-corrected chi connectivity index (χ0v) is 52.5. The molecule has 0 bridgehead atoms. The third-order valence-electron chi connectivity index (χ3n) is 14.2. The normalized spacial score (nSPS) is 13.7. The molecule has 2 atom stereocenters. The zero-order chi connectivity index (χ0) is 57.0. The van der Waals surface area contributed by atoms with E-state index < -0.39 is 26.5 Å². The van der Waals surface area contributed by atoms with Gasteiger partial charge in [-0.1, -0.05) is 273 Å². The number of nitrogens with zero attached hydrogens (tertiary/aromatic N) is 1. The summed E-state index contributed by atoms with van der Waals surface area (Å²) in [4.78, 5) is 35.8. The fraction of sp³-hybridized carbons (Fsp3) is 0.794. The lowest BCUT2D eigenvalue weighted by atomic mass is 10.0. The van der Waals surface area contributed by atoms with E-state index in [0.717, 1.165) is 64.2 Å². The average molecular weight is 1120 g/mol. The Labute approximate surface area is 482 Å². The fourth-order valence-electron chi connectivity index (χ4n) is 9.22. The minimum absolute atomic E-state index is 0.0315. The van der Waals surface area contributed by atoms with Gasteiger partial charge in [-0.25, -0.2) is 4.57 Å². The van der Waals surface area contributed by atoms with Crippen molar-refractivity contribution in [2.24, 2.45) is 0 Å². The Hall–Kier alpha value is -2.55. The van der Waals surface area contributed by atoms with Gasteiger partial charge in [0.2, 0.25) is 0 Å². The van der Waals surface area contributed by atoms with E-state index in [0.29, 0.717) is 17.4 Å². The highest BCUT2D eigenvalue weighted by molar-refractivity contribution is 7.47. The number of unbranched alkanes of at least 4 members (excludes halogenated alkanes) is 34. The van der Waals surface area contributed by atoms with Crippen LogP contribution in [0, 0.1) is 0 Å². The summed E-state index contributed by atoms with van der Waals surface area (Å²) in [5.74, 6) is -0.788. The molecule has 0 aromatic heterocycles. The number of allylic oxidation sites excluding steroid dienone is 12. The first-order valence-electron chi connectivity index (χ1n) is 32.7. The summed E-state index contributed by atoms with van der Waals surface area (Å²) in [5.41, 5.74) is 0. The van der Waals surface area contributed by atoms with Gasteiger partial charge in [0.15, 0.2) is 6.10 Å². The summed E-state index contributed by atoms with van der Waals surface area (Å²) in [6.07, 6.45) is 78.5. The Morgan fingerprint density at radius 2 is 0.731 bits per heavy atom. The highest BCUT2D eigenvalue weighted by Crippen LogP contribution is 2.43. The zero-order valence-electron chi connectivity index (χ0n) is 51.6. The molecule has 0 saturated carbocycles. The Bertz CT molecular complexity index is 1550. The molecule has 2 unspecified atom stereocenters. The summed E-state index contributed by atoms with van der Waals surface area (Å²) in [7, 11) is 1.48. The molecule has 1 N–H and O–H groups in total. The van der Waals surface area contributed by atoms with Crippen molar-refractivity contribution in [2.75, 3.05) is 47.5 Å². The van der Waals surface area contributed by atoms with Crippen LogP contribution in [-0.4, -0.2) is 74.9 Å². The Morgan fingerprint density at radius 3 is 1.10 bits per heavy atom. The molecule has 0 fully saturated rings. The number of hydrogen-bond donors (Lipinski definition) is 1. The molecule has 0 aromatic carbocycles. The molecule has 0 heterocycles. The summed E-state index contributed by atoms with van der Waals surface area (Å²) < 4.78 is 34.7. The molecule has 0 spiro atoms. The molecular weight excluding hydrogens is 990 g/mol. The van der Waals surface area contributed by atoms with Crippen LogP contribution in [0.4, 0.5) is 0 Å². The second-order valence-corrected chi connectivity index (χ2v) is 24.6. The molecule has 0 amide bonds. The molecule has 0 aliphatic carbocycles. The van der Waals surface area contributed by atoms with Crippen LogP contribution < -0.4 is 0 Å². The standard InChI is InChI=1S/C68H124NO8P/c1-6-8-10-12-14-16-18-20-22-24-26-27-28-29-30-31-32-33-34-35-36-37-38-39-40-41-43-45-47-49-51-53-55-57-59-61-68(71)77-66(65-76-78(72,73)75-63-62-69(3,4)5)64-74-67(70)60-58-56-54-52-50-48-46-44-42-25-23-21-19-17-15-13-11-9-7-2/h8,10,14,16,20-23,26-27,29-30,66H,6-7,9,11-13,15,17-19,24-25,28,31-65H2,1-5H3/p+1/b10-8-,16-14-,22-20-,23-21-,27-26-,30-29-. The van der Waals surface area contributed by atoms with Crippen LogP contribution in [0.2, 0.25) is 0 Å². The largest absolute Gasteiger partial charge is 0.472 e. The number of phosphoric acid groups is 1. The Kier molecular flexibility index (Phi) is 57.2. The van der Waals surface area contributed by atoms with Crippen LogP contribution in [0.3, 0.4) is 0 Å². The molecule has 0 rings (SSSR count). The van der Waals surface area contributed by atoms with Crippen molar-refractivity contribution in [3.8, 4) is 0 Å². The van der Waals surface area contributed by atoms with Crippen molar-refractivity contribution in [2.45, 2.75) is 302 Å². The highest BCUT2D eigenvalue weighted by atomic mass is 31.2. The lowest BCUT2D eigenvalue weighted by Gasteiger charge is -2.24. The first kappa shape index (κ1) is 75.5. The number of phosphoric ester groups is 1. The molecule has 0 aromatic rings. The molecule has 78 heavy (non-hydrogen) atoms. The maximum atomic E-state index is 12.9. The SMILES string of the molecule is CC/C=C\C/C=C\C/C=C\C/C=C\C/C=C\CCCCCCCCCCCCCCCCCCCCCC(=O)OC(COC(=O)CCCCCCCCCCC/C=C\CCCCCCCC)COP(=O)(O)OCC[N+](C)(C)C. The Morgan fingerprint density at radius 1 is 0.410 bits per heavy atom. The number of rotatable bonds is 60. The van der Waals surface area contributed by atoms with Crippen molar-refractivity contribution in [1.29, 1.82) is 0 Å². The molecule has 454 valence electrons. The number of likely N-dealkylation sites (N-methyl/N-ethyl adjacent to an activating group) is 1. The fourth-order valence-corrected chi connectivity index (χ4v) is 9.96. The summed E-state index contributed by atoms with van der Waals surface area (Å²) in [6, 6.07) is 0. The molecule has 0 saturated heterocycles. The van der Waals surface area contributed by atoms with E-state index in [1.165, 1.54) is 199 Å². The third-order valence-corrected chi connectivity index (χ3v) is 15.2. The van der Waals surface area contributed by atoms with Gasteiger partial charge in [0.05, 0.1) is 27.7 Å². The highest BCUT2D eigenvalue weighted by Gasteiger charge is 2.27. The lowest BCUT2D eigenvalue weighted by Crippen LogP contribution is -2.37. The molecule has 0 aliphatic heterocycles. The van der Waals surface area contributed by atoms with E-state index in [2.05, 4.69) is 86.8 Å². The van der Waals surface area contributed by atoms with Gasteiger partial charge in [-0.2, -0.15) is 0 Å². The van der Waals surface area contributed by atoms with Gasteiger partial charge in [0.25, 0.3) is 0 Å². The van der Waals surface area contributed by atoms with E-state index in [1.54, 1.807) is 0 Å². The number of carbonyl (C=O) groups excluding carboxylic acids is 2. The number of esters is 2. The van der Waals surface area contributed by atoms with Crippen molar-refractivity contribution in [1.82, 2.24) is 0 Å². The van der Waals surface area contributed by atoms with Gasteiger partial charge < -0.3 is 18.9 Å². The maximum Gasteiger partial charge on any atom is 0.472 e. The maximum absolute atomic E-state index is 12.9. The molecule has 9 nitrogen and oxygen atoms in total. The Balaban J connectivity index is 4.01. The minimum Gasteiger partial charge on any atom is -0.462 e. The van der Waals surface area contributed by atoms with Gasteiger partial charge in [0, 0.05) is 12.8 Å². The summed E-state index contributed by atoms with van der Waals surface area (Å²) in [5, 5.41) is 0. The van der Waals surface area contributed by atoms with Gasteiger partial charge in [-0.05, 0) is 83.5 Å². The predicted molar refractivity (Wildman–Crippen MR) is 335 cm³/mol. The van der Waals surface area contributed by atoms with Crippen molar-refractivity contribution >= 4 is 19.8 Å². The van der Waals surface area contributed by atoms with Crippen molar-refractivity contribution in [3.63, 3.8) is 0 Å². The topological polar surface area (TPSA) is 108 Å². The van der Waals surface area contributed by atoms with E-state index in [-0.39, 0.29) is 32.0 Å². The number of hydrogen-bond acceptors (Lipinski definition) is 7. The smallest absolute Gasteiger partial charge is 0.462 e. The number of carbonyl (C=O) groups is 2. The first-order chi connectivity index (χ1) is 38.0. The number of ether oxygens (including phenoxy) is 2. The van der Waals surface area contributed by atoms with Gasteiger partial charge in [-0.15, -0.1) is 0 Å². The van der Waals surface area contributed by atoms with E-state index in [9.17, 15) is 19.0 Å². The molecule has 10 heteroatoms. The first-order valence-corrected chi connectivity index (χ1v) is 34.2. The summed E-state index contributed by atoms with van der Waals surface area (Å²) >= 11 is 0. The van der Waals surface area contributed by atoms with Crippen LogP contribution >= 0.6 is 7.82 Å². The van der Waals surface area contributed by atoms with Crippen LogP contribution in [-0.2, 0) is 32.7 Å². The molecule has 0 radical (unpaired) electrons. The average Bonchev–Trinajstić information content (AvgIpc) is 3.41. The molecule has 0 aliphatic rings. The van der Waals surface area contributed by atoms with Crippen molar-refractivity contribution < 1.29 is 42.1 Å². The van der Waals surface area contributed by atoms with E-state index in [1.807, 2.05) is 21.1 Å². The van der Waals surface area contributed by atoms with Crippen LogP contribution in [0.15, 0.2) is 72.9 Å².